The molecule has 1 unspecified atom stereocenters. The first-order valence-corrected chi connectivity index (χ1v) is 7.14. The van der Waals surface area contributed by atoms with Gasteiger partial charge in [0, 0.05) is 12.0 Å². The Hall–Kier alpha value is -1.58. The van der Waals surface area contributed by atoms with Crippen molar-refractivity contribution in [2.24, 2.45) is 11.1 Å². The van der Waals surface area contributed by atoms with Crippen LogP contribution in [0.5, 0.6) is 5.75 Å². The lowest BCUT2D eigenvalue weighted by molar-refractivity contribution is -0.0296. The van der Waals surface area contributed by atoms with Gasteiger partial charge in [0.05, 0.1) is 13.2 Å². The quantitative estimate of drug-likeness (QED) is 0.898. The van der Waals surface area contributed by atoms with Crippen LogP contribution in [0.15, 0.2) is 36.4 Å². The third-order valence-corrected chi connectivity index (χ3v) is 4.72. The van der Waals surface area contributed by atoms with E-state index in [0.717, 1.165) is 34.9 Å². The van der Waals surface area contributed by atoms with Gasteiger partial charge in [-0.15, -0.1) is 0 Å². The Kier molecular flexibility index (Phi) is 3.40. The fourth-order valence-corrected chi connectivity index (χ4v) is 3.11. The van der Waals surface area contributed by atoms with Crippen molar-refractivity contribution in [1.82, 2.24) is 0 Å². The maximum Gasteiger partial charge on any atom is 0.119 e. The number of ether oxygens (including phenoxy) is 1. The van der Waals surface area contributed by atoms with E-state index in [1.54, 1.807) is 7.11 Å². The van der Waals surface area contributed by atoms with Gasteiger partial charge in [0.2, 0.25) is 0 Å². The van der Waals surface area contributed by atoms with E-state index in [4.69, 9.17) is 10.5 Å². The van der Waals surface area contributed by atoms with Crippen LogP contribution in [-0.2, 0) is 0 Å². The van der Waals surface area contributed by atoms with Crippen LogP contribution >= 0.6 is 0 Å². The standard InChI is InChI=1S/C17H21NO2/c1-20-15-6-5-12-9-14(4-3-13(12)10-15)16(19)17(11-18)7-2-8-17/h3-6,9-10,16,19H,2,7-8,11,18H2,1H3. The van der Waals surface area contributed by atoms with E-state index in [1.165, 1.54) is 6.42 Å². The lowest BCUT2D eigenvalue weighted by Gasteiger charge is -2.45. The summed E-state index contributed by atoms with van der Waals surface area (Å²) in [5.74, 6) is 0.850. The van der Waals surface area contributed by atoms with Gasteiger partial charge in [0.25, 0.3) is 0 Å². The molecule has 2 aromatic rings. The number of methoxy groups -OCH3 is 1. The lowest BCUT2D eigenvalue weighted by atomic mass is 9.63. The van der Waals surface area contributed by atoms with E-state index in [2.05, 4.69) is 6.07 Å². The first-order valence-electron chi connectivity index (χ1n) is 7.14. The molecule has 2 aromatic carbocycles. The summed E-state index contributed by atoms with van der Waals surface area (Å²) in [5.41, 5.74) is 6.74. The monoisotopic (exact) mass is 271 g/mol. The van der Waals surface area contributed by atoms with Crippen LogP contribution in [0.2, 0.25) is 0 Å². The van der Waals surface area contributed by atoms with Crippen molar-refractivity contribution < 1.29 is 9.84 Å². The van der Waals surface area contributed by atoms with E-state index in [-0.39, 0.29) is 5.41 Å². The molecule has 3 nitrogen and oxygen atoms in total. The Bertz CT molecular complexity index is 614. The summed E-state index contributed by atoms with van der Waals surface area (Å²) >= 11 is 0. The van der Waals surface area contributed by atoms with E-state index in [1.807, 2.05) is 30.3 Å². The molecule has 3 heteroatoms. The minimum absolute atomic E-state index is 0.111. The molecule has 1 saturated carbocycles. The maximum absolute atomic E-state index is 10.6. The van der Waals surface area contributed by atoms with E-state index < -0.39 is 6.10 Å². The summed E-state index contributed by atoms with van der Waals surface area (Å²) in [4.78, 5) is 0. The van der Waals surface area contributed by atoms with Crippen molar-refractivity contribution in [2.45, 2.75) is 25.4 Å². The normalized spacial score (nSPS) is 18.6. The van der Waals surface area contributed by atoms with E-state index in [0.29, 0.717) is 6.54 Å². The molecule has 1 atom stereocenters. The second-order valence-corrected chi connectivity index (χ2v) is 5.80. The maximum atomic E-state index is 10.6. The summed E-state index contributed by atoms with van der Waals surface area (Å²) in [5, 5.41) is 12.9. The SMILES string of the molecule is COc1ccc2cc(C(O)C3(CN)CCC3)ccc2c1. The summed E-state index contributed by atoms with van der Waals surface area (Å²) in [6, 6.07) is 12.1. The fraction of sp³-hybridized carbons (Fsp3) is 0.412. The first kappa shape index (κ1) is 13.4. The van der Waals surface area contributed by atoms with Gasteiger partial charge in [0.1, 0.15) is 5.75 Å². The molecule has 1 aliphatic rings. The van der Waals surface area contributed by atoms with Crippen LogP contribution < -0.4 is 10.5 Å². The minimum Gasteiger partial charge on any atom is -0.497 e. The zero-order valence-electron chi connectivity index (χ0n) is 11.8. The van der Waals surface area contributed by atoms with Crippen molar-refractivity contribution in [1.29, 1.82) is 0 Å². The van der Waals surface area contributed by atoms with Gasteiger partial charge in [-0.25, -0.2) is 0 Å². The molecule has 0 saturated heterocycles. The van der Waals surface area contributed by atoms with Crippen molar-refractivity contribution in [2.75, 3.05) is 13.7 Å². The molecule has 1 aliphatic carbocycles. The fourth-order valence-electron chi connectivity index (χ4n) is 3.11. The molecule has 3 rings (SSSR count). The molecule has 0 heterocycles. The number of rotatable bonds is 4. The Balaban J connectivity index is 1.96. The highest BCUT2D eigenvalue weighted by Gasteiger charge is 2.42. The smallest absolute Gasteiger partial charge is 0.119 e. The summed E-state index contributed by atoms with van der Waals surface area (Å²) in [6.45, 7) is 0.550. The van der Waals surface area contributed by atoms with Crippen molar-refractivity contribution in [3.8, 4) is 5.75 Å². The van der Waals surface area contributed by atoms with Crippen LogP contribution in [0, 0.1) is 5.41 Å². The number of fused-ring (bicyclic) bond motifs is 1. The number of benzene rings is 2. The first-order chi connectivity index (χ1) is 9.68. The third kappa shape index (κ3) is 2.07. The molecule has 0 amide bonds. The number of aliphatic hydroxyl groups excluding tert-OH is 1. The van der Waals surface area contributed by atoms with Gasteiger partial charge in [-0.05, 0) is 47.4 Å². The number of hydrogen-bond donors (Lipinski definition) is 2. The molecule has 0 radical (unpaired) electrons. The van der Waals surface area contributed by atoms with Gasteiger partial charge >= 0.3 is 0 Å². The van der Waals surface area contributed by atoms with Gasteiger partial charge in [-0.1, -0.05) is 24.6 Å². The molecule has 0 bridgehead atoms. The Morgan fingerprint density at radius 2 is 1.90 bits per heavy atom. The summed E-state index contributed by atoms with van der Waals surface area (Å²) < 4.78 is 5.23. The van der Waals surface area contributed by atoms with E-state index >= 15 is 0 Å². The second kappa shape index (κ2) is 5.08. The highest BCUT2D eigenvalue weighted by Crippen LogP contribution is 2.49. The van der Waals surface area contributed by atoms with Gasteiger partial charge in [0.15, 0.2) is 0 Å². The van der Waals surface area contributed by atoms with Gasteiger partial charge in [-0.2, -0.15) is 0 Å². The summed E-state index contributed by atoms with van der Waals surface area (Å²) in [7, 11) is 1.67. The Labute approximate surface area is 119 Å². The topological polar surface area (TPSA) is 55.5 Å². The predicted octanol–water partition coefficient (Wildman–Crippen LogP) is 3.01. The molecule has 0 aromatic heterocycles. The largest absolute Gasteiger partial charge is 0.497 e. The highest BCUT2D eigenvalue weighted by molar-refractivity contribution is 5.84. The zero-order chi connectivity index (χ0) is 14.2. The van der Waals surface area contributed by atoms with Crippen LogP contribution in [0.25, 0.3) is 10.8 Å². The third-order valence-electron chi connectivity index (χ3n) is 4.72. The number of aliphatic hydroxyl groups is 1. The zero-order valence-corrected chi connectivity index (χ0v) is 11.8. The van der Waals surface area contributed by atoms with Crippen molar-refractivity contribution >= 4 is 10.8 Å². The van der Waals surface area contributed by atoms with Crippen LogP contribution in [0.1, 0.15) is 30.9 Å². The van der Waals surface area contributed by atoms with Crippen LogP contribution in [0.4, 0.5) is 0 Å². The predicted molar refractivity (Wildman–Crippen MR) is 80.8 cm³/mol. The molecule has 106 valence electrons. The van der Waals surface area contributed by atoms with Crippen LogP contribution in [0.3, 0.4) is 0 Å². The molecular weight excluding hydrogens is 250 g/mol. The second-order valence-electron chi connectivity index (χ2n) is 5.80. The highest BCUT2D eigenvalue weighted by atomic mass is 16.5. The number of hydrogen-bond acceptors (Lipinski definition) is 3. The van der Waals surface area contributed by atoms with Gasteiger partial charge < -0.3 is 15.6 Å². The average molecular weight is 271 g/mol. The molecule has 0 spiro atoms. The minimum atomic E-state index is -0.465. The van der Waals surface area contributed by atoms with Gasteiger partial charge in [-0.3, -0.25) is 0 Å². The van der Waals surface area contributed by atoms with Crippen molar-refractivity contribution in [3.63, 3.8) is 0 Å². The Morgan fingerprint density at radius 3 is 2.50 bits per heavy atom. The molecule has 20 heavy (non-hydrogen) atoms. The Morgan fingerprint density at radius 1 is 1.20 bits per heavy atom. The van der Waals surface area contributed by atoms with E-state index in [9.17, 15) is 5.11 Å². The molecular formula is C17H21NO2. The summed E-state index contributed by atoms with van der Waals surface area (Å²) in [6.07, 6.45) is 2.74. The van der Waals surface area contributed by atoms with Crippen LogP contribution in [-0.4, -0.2) is 18.8 Å². The average Bonchev–Trinajstić information content (AvgIpc) is 2.45. The lowest BCUT2D eigenvalue weighted by Crippen LogP contribution is -2.42. The van der Waals surface area contributed by atoms with Crippen molar-refractivity contribution in [3.05, 3.63) is 42.0 Å². The molecule has 0 aliphatic heterocycles. The molecule has 1 fully saturated rings. The number of nitrogens with two attached hydrogens (primary N) is 1. The molecule has 3 N–H and O–H groups in total.